The predicted octanol–water partition coefficient (Wildman–Crippen LogP) is 5.73. The van der Waals surface area contributed by atoms with E-state index in [9.17, 15) is 0 Å². The minimum Gasteiger partial charge on any atom is -0.377 e. The first kappa shape index (κ1) is 14.6. The van der Waals surface area contributed by atoms with E-state index in [1.54, 1.807) is 11.1 Å². The number of halogens is 1. The molecule has 0 saturated carbocycles. The predicted molar refractivity (Wildman–Crippen MR) is 94.1 cm³/mol. The van der Waals surface area contributed by atoms with E-state index in [-0.39, 0.29) is 0 Å². The molecule has 0 bridgehead atoms. The molecule has 1 atom stereocenters. The fraction of sp³-hybridized carbons (Fsp3) is 0.368. The van der Waals surface area contributed by atoms with Crippen LogP contribution in [0.1, 0.15) is 47.2 Å². The average molecular weight is 344 g/mol. The quantitative estimate of drug-likeness (QED) is 0.750. The fourth-order valence-electron chi connectivity index (χ4n) is 3.26. The molecule has 3 rings (SSSR count). The molecule has 0 heterocycles. The van der Waals surface area contributed by atoms with E-state index in [2.05, 4.69) is 72.3 Å². The lowest BCUT2D eigenvalue weighted by molar-refractivity contribution is 0.876. The highest BCUT2D eigenvalue weighted by molar-refractivity contribution is 9.10. The van der Waals surface area contributed by atoms with Gasteiger partial charge in [0, 0.05) is 10.5 Å². The number of fused-ring (bicyclic) bond motifs is 1. The van der Waals surface area contributed by atoms with E-state index in [1.807, 2.05) is 0 Å². The Kier molecular flexibility index (Phi) is 4.08. The molecular weight excluding hydrogens is 322 g/mol. The van der Waals surface area contributed by atoms with E-state index in [0.29, 0.717) is 6.04 Å². The Labute approximate surface area is 135 Å². The molecule has 0 amide bonds. The van der Waals surface area contributed by atoms with E-state index in [4.69, 9.17) is 0 Å². The van der Waals surface area contributed by atoms with Gasteiger partial charge in [-0.2, -0.15) is 0 Å². The fourth-order valence-corrected chi connectivity index (χ4v) is 4.05. The van der Waals surface area contributed by atoms with Crippen molar-refractivity contribution in [2.45, 2.75) is 46.1 Å². The summed E-state index contributed by atoms with van der Waals surface area (Å²) in [7, 11) is 0. The molecule has 1 aliphatic rings. The Morgan fingerprint density at radius 2 is 1.81 bits per heavy atom. The van der Waals surface area contributed by atoms with Gasteiger partial charge in [-0.05, 0) is 89.8 Å². The van der Waals surface area contributed by atoms with Gasteiger partial charge in [-0.25, -0.2) is 0 Å². The van der Waals surface area contributed by atoms with Crippen molar-refractivity contribution in [2.24, 2.45) is 0 Å². The van der Waals surface area contributed by atoms with Gasteiger partial charge < -0.3 is 5.32 Å². The topological polar surface area (TPSA) is 12.0 Å². The molecule has 1 aliphatic carbocycles. The third-order valence-corrected chi connectivity index (χ3v) is 5.04. The molecule has 0 aromatic heterocycles. The maximum atomic E-state index is 3.69. The van der Waals surface area contributed by atoms with E-state index in [0.717, 1.165) is 4.47 Å². The molecule has 2 heteroatoms. The van der Waals surface area contributed by atoms with Crippen molar-refractivity contribution in [1.29, 1.82) is 0 Å². The standard InChI is InChI=1S/C19H22BrN/c1-12-9-13(2)19(18(20)10-12)21-14(3)16-8-7-15-5-4-6-17(15)11-16/h7-11,14,21H,4-6H2,1-3H3. The molecule has 0 aliphatic heterocycles. The summed E-state index contributed by atoms with van der Waals surface area (Å²) in [5.41, 5.74) is 8.24. The number of anilines is 1. The van der Waals surface area contributed by atoms with Gasteiger partial charge in [0.25, 0.3) is 0 Å². The maximum Gasteiger partial charge on any atom is 0.0519 e. The van der Waals surface area contributed by atoms with Gasteiger partial charge in [-0.3, -0.25) is 0 Å². The van der Waals surface area contributed by atoms with Crippen LogP contribution in [0, 0.1) is 13.8 Å². The lowest BCUT2D eigenvalue weighted by Crippen LogP contribution is -2.09. The van der Waals surface area contributed by atoms with Crippen LogP contribution in [0.2, 0.25) is 0 Å². The smallest absolute Gasteiger partial charge is 0.0519 e. The Morgan fingerprint density at radius 3 is 2.57 bits per heavy atom. The molecule has 2 aromatic rings. The average Bonchev–Trinajstić information content (AvgIpc) is 2.89. The lowest BCUT2D eigenvalue weighted by Gasteiger charge is -2.20. The number of benzene rings is 2. The molecule has 0 fully saturated rings. The number of nitrogens with one attached hydrogen (secondary N) is 1. The van der Waals surface area contributed by atoms with E-state index >= 15 is 0 Å². The molecule has 2 aromatic carbocycles. The minimum absolute atomic E-state index is 0.314. The first-order valence-corrected chi connectivity index (χ1v) is 8.49. The van der Waals surface area contributed by atoms with Gasteiger partial charge in [0.2, 0.25) is 0 Å². The molecule has 21 heavy (non-hydrogen) atoms. The number of aryl methyl sites for hydroxylation is 4. The molecule has 110 valence electrons. The number of hydrogen-bond acceptors (Lipinski definition) is 1. The Bertz CT molecular complexity index is 652. The first-order chi connectivity index (χ1) is 10.0. The van der Waals surface area contributed by atoms with Crippen LogP contribution >= 0.6 is 15.9 Å². The van der Waals surface area contributed by atoms with Crippen LogP contribution < -0.4 is 5.32 Å². The molecule has 0 spiro atoms. The lowest BCUT2D eigenvalue weighted by atomic mass is 10.0. The SMILES string of the molecule is Cc1cc(C)c(NC(C)c2ccc3c(c2)CCC3)c(Br)c1. The molecule has 1 unspecified atom stereocenters. The summed E-state index contributed by atoms with van der Waals surface area (Å²) in [5.74, 6) is 0. The zero-order chi connectivity index (χ0) is 15.0. The molecule has 0 saturated heterocycles. The number of hydrogen-bond donors (Lipinski definition) is 1. The highest BCUT2D eigenvalue weighted by atomic mass is 79.9. The Hall–Kier alpha value is -1.28. The van der Waals surface area contributed by atoms with Crippen LogP contribution in [0.15, 0.2) is 34.8 Å². The van der Waals surface area contributed by atoms with Crippen molar-refractivity contribution in [3.8, 4) is 0 Å². The third-order valence-electron chi connectivity index (χ3n) is 4.42. The van der Waals surface area contributed by atoms with Gasteiger partial charge in [-0.1, -0.05) is 24.3 Å². The van der Waals surface area contributed by atoms with E-state index < -0.39 is 0 Å². The van der Waals surface area contributed by atoms with Crippen molar-refractivity contribution in [3.05, 3.63) is 62.6 Å². The Morgan fingerprint density at radius 1 is 1.05 bits per heavy atom. The summed E-state index contributed by atoms with van der Waals surface area (Å²) in [6.07, 6.45) is 3.80. The largest absolute Gasteiger partial charge is 0.377 e. The Balaban J connectivity index is 1.85. The van der Waals surface area contributed by atoms with Crippen LogP contribution in [0.5, 0.6) is 0 Å². The summed E-state index contributed by atoms with van der Waals surface area (Å²) >= 11 is 3.69. The van der Waals surface area contributed by atoms with Gasteiger partial charge in [0.1, 0.15) is 0 Å². The van der Waals surface area contributed by atoms with Crippen molar-refractivity contribution in [1.82, 2.24) is 0 Å². The summed E-state index contributed by atoms with van der Waals surface area (Å²) in [6, 6.07) is 11.7. The molecular formula is C19H22BrN. The van der Waals surface area contributed by atoms with Crippen LogP contribution in [0.4, 0.5) is 5.69 Å². The second-order valence-corrected chi connectivity index (χ2v) is 7.04. The van der Waals surface area contributed by atoms with E-state index in [1.165, 1.54) is 41.6 Å². The van der Waals surface area contributed by atoms with Gasteiger partial charge in [-0.15, -0.1) is 0 Å². The zero-order valence-electron chi connectivity index (χ0n) is 13.0. The van der Waals surface area contributed by atoms with Crippen molar-refractivity contribution in [2.75, 3.05) is 5.32 Å². The third kappa shape index (κ3) is 3.01. The second-order valence-electron chi connectivity index (χ2n) is 6.19. The van der Waals surface area contributed by atoms with Crippen LogP contribution in [-0.4, -0.2) is 0 Å². The monoisotopic (exact) mass is 343 g/mol. The minimum atomic E-state index is 0.314. The van der Waals surface area contributed by atoms with Gasteiger partial charge in [0.05, 0.1) is 5.69 Å². The zero-order valence-corrected chi connectivity index (χ0v) is 14.5. The first-order valence-electron chi connectivity index (χ1n) is 7.69. The molecule has 1 nitrogen and oxygen atoms in total. The summed E-state index contributed by atoms with van der Waals surface area (Å²) in [6.45, 7) is 6.53. The van der Waals surface area contributed by atoms with Crippen molar-refractivity contribution in [3.63, 3.8) is 0 Å². The molecule has 0 radical (unpaired) electrons. The van der Waals surface area contributed by atoms with Crippen molar-refractivity contribution >= 4 is 21.6 Å². The normalized spacial score (nSPS) is 14.9. The molecule has 1 N–H and O–H groups in total. The summed E-state index contributed by atoms with van der Waals surface area (Å²) < 4.78 is 1.15. The summed E-state index contributed by atoms with van der Waals surface area (Å²) in [5, 5.41) is 3.67. The number of rotatable bonds is 3. The van der Waals surface area contributed by atoms with Gasteiger partial charge >= 0.3 is 0 Å². The highest BCUT2D eigenvalue weighted by Crippen LogP contribution is 2.32. The second kappa shape index (κ2) is 5.84. The van der Waals surface area contributed by atoms with Crippen LogP contribution in [0.3, 0.4) is 0 Å². The highest BCUT2D eigenvalue weighted by Gasteiger charge is 2.15. The van der Waals surface area contributed by atoms with Crippen molar-refractivity contribution < 1.29 is 0 Å². The summed E-state index contributed by atoms with van der Waals surface area (Å²) in [4.78, 5) is 0. The van der Waals surface area contributed by atoms with Gasteiger partial charge in [0.15, 0.2) is 0 Å². The maximum absolute atomic E-state index is 3.69. The van der Waals surface area contributed by atoms with Crippen LogP contribution in [0.25, 0.3) is 0 Å². The van der Waals surface area contributed by atoms with Crippen LogP contribution in [-0.2, 0) is 12.8 Å².